The summed E-state index contributed by atoms with van der Waals surface area (Å²) in [6.45, 7) is 0.154. The number of nitrogens with one attached hydrogen (secondary N) is 1. The average Bonchev–Trinajstić information content (AvgIpc) is 3.40. The number of rotatable bonds is 6. The van der Waals surface area contributed by atoms with Crippen LogP contribution in [0.2, 0.25) is 0 Å². The highest BCUT2D eigenvalue weighted by atomic mass is 19.1. The van der Waals surface area contributed by atoms with E-state index in [2.05, 4.69) is 4.98 Å². The smallest absolute Gasteiger partial charge is 0.257 e. The zero-order chi connectivity index (χ0) is 23.7. The lowest BCUT2D eigenvalue weighted by Crippen LogP contribution is -2.46. The van der Waals surface area contributed by atoms with E-state index in [0.29, 0.717) is 12.1 Å². The number of amides is 3. The van der Waals surface area contributed by atoms with E-state index in [-0.39, 0.29) is 24.4 Å². The Hall–Kier alpha value is -4.26. The van der Waals surface area contributed by atoms with E-state index in [1.54, 1.807) is 36.4 Å². The summed E-state index contributed by atoms with van der Waals surface area (Å²) < 4.78 is 14.5. The van der Waals surface area contributed by atoms with Crippen LogP contribution in [0.3, 0.4) is 0 Å². The summed E-state index contributed by atoms with van der Waals surface area (Å²) in [5.74, 6) is -2.15. The van der Waals surface area contributed by atoms with Gasteiger partial charge in [-0.3, -0.25) is 14.4 Å². The molecule has 170 valence electrons. The Morgan fingerprint density at radius 1 is 0.971 bits per heavy atom. The van der Waals surface area contributed by atoms with Gasteiger partial charge in [0, 0.05) is 23.6 Å². The summed E-state index contributed by atoms with van der Waals surface area (Å²) in [5, 5.41) is 1.01. The topological polar surface area (TPSA) is 73.5 Å². The molecule has 1 saturated heterocycles. The standard InChI is InChI=1S/C27H22FN3O3/c28-22-12-6-4-11-21(22)26(33)30(15-14-18-17-29-23-13-7-5-10-20(18)23)24-16-25(32)31(27(24)34)19-8-2-1-3-9-19/h1-13,17,24,29H,14-16H2. The molecule has 1 aromatic heterocycles. The molecule has 0 saturated carbocycles. The fourth-order valence-corrected chi connectivity index (χ4v) is 4.48. The lowest BCUT2D eigenvalue weighted by Gasteiger charge is -2.28. The van der Waals surface area contributed by atoms with E-state index in [0.717, 1.165) is 21.4 Å². The van der Waals surface area contributed by atoms with Crippen LogP contribution in [0, 0.1) is 5.82 Å². The van der Waals surface area contributed by atoms with E-state index in [1.165, 1.54) is 23.1 Å². The molecule has 0 spiro atoms. The summed E-state index contributed by atoms with van der Waals surface area (Å²) in [5.41, 5.74) is 2.26. The predicted octanol–water partition coefficient (Wildman–Crippen LogP) is 4.32. The van der Waals surface area contributed by atoms with Gasteiger partial charge < -0.3 is 9.88 Å². The molecule has 1 unspecified atom stereocenters. The van der Waals surface area contributed by atoms with Crippen LogP contribution in [-0.4, -0.2) is 40.2 Å². The van der Waals surface area contributed by atoms with Crippen LogP contribution in [0.1, 0.15) is 22.3 Å². The van der Waals surface area contributed by atoms with Gasteiger partial charge in [0.1, 0.15) is 11.9 Å². The van der Waals surface area contributed by atoms with Crippen LogP contribution >= 0.6 is 0 Å². The number of H-pyrrole nitrogens is 1. The first kappa shape index (κ1) is 21.6. The summed E-state index contributed by atoms with van der Waals surface area (Å²) in [6, 6.07) is 21.1. The molecule has 1 fully saturated rings. The van der Waals surface area contributed by atoms with Gasteiger partial charge in [0.15, 0.2) is 0 Å². The number of fused-ring (bicyclic) bond motifs is 1. The molecule has 7 heteroatoms. The van der Waals surface area contributed by atoms with Crippen molar-refractivity contribution < 1.29 is 18.8 Å². The molecule has 1 atom stereocenters. The van der Waals surface area contributed by atoms with E-state index < -0.39 is 23.7 Å². The maximum atomic E-state index is 14.5. The predicted molar refractivity (Wildman–Crippen MR) is 127 cm³/mol. The largest absolute Gasteiger partial charge is 0.361 e. The zero-order valence-electron chi connectivity index (χ0n) is 18.3. The fraction of sp³-hybridized carbons (Fsp3) is 0.148. The van der Waals surface area contributed by atoms with Gasteiger partial charge in [0.25, 0.3) is 11.8 Å². The highest BCUT2D eigenvalue weighted by molar-refractivity contribution is 6.23. The second-order valence-corrected chi connectivity index (χ2v) is 8.21. The molecule has 1 aliphatic rings. The molecule has 34 heavy (non-hydrogen) atoms. The number of anilines is 1. The Balaban J connectivity index is 1.48. The Kier molecular flexibility index (Phi) is 5.67. The van der Waals surface area contributed by atoms with Crippen molar-refractivity contribution in [3.8, 4) is 0 Å². The maximum Gasteiger partial charge on any atom is 0.257 e. The van der Waals surface area contributed by atoms with Crippen molar-refractivity contribution in [3.05, 3.63) is 102 Å². The number of benzene rings is 3. The first-order chi connectivity index (χ1) is 16.5. The Morgan fingerprint density at radius 2 is 1.68 bits per heavy atom. The van der Waals surface area contributed by atoms with Gasteiger partial charge in [-0.25, -0.2) is 9.29 Å². The number of hydrogen-bond acceptors (Lipinski definition) is 3. The van der Waals surface area contributed by atoms with Crippen molar-refractivity contribution >= 4 is 34.3 Å². The van der Waals surface area contributed by atoms with Gasteiger partial charge in [0.05, 0.1) is 17.7 Å². The van der Waals surface area contributed by atoms with Gasteiger partial charge in [-0.05, 0) is 42.3 Å². The number of para-hydroxylation sites is 2. The van der Waals surface area contributed by atoms with Crippen LogP contribution in [0.15, 0.2) is 85.1 Å². The van der Waals surface area contributed by atoms with Gasteiger partial charge in [0.2, 0.25) is 5.91 Å². The molecule has 6 nitrogen and oxygen atoms in total. The number of carbonyl (C=O) groups is 3. The third-order valence-electron chi connectivity index (χ3n) is 6.18. The van der Waals surface area contributed by atoms with Crippen molar-refractivity contribution in [1.29, 1.82) is 0 Å². The van der Waals surface area contributed by atoms with Crippen molar-refractivity contribution in [2.75, 3.05) is 11.4 Å². The molecule has 0 aliphatic carbocycles. The molecule has 1 N–H and O–H groups in total. The molecular weight excluding hydrogens is 433 g/mol. The first-order valence-electron chi connectivity index (χ1n) is 11.1. The minimum Gasteiger partial charge on any atom is -0.361 e. The fourth-order valence-electron chi connectivity index (χ4n) is 4.48. The van der Waals surface area contributed by atoms with Crippen LogP contribution in [0.4, 0.5) is 10.1 Å². The van der Waals surface area contributed by atoms with E-state index >= 15 is 0 Å². The van der Waals surface area contributed by atoms with Gasteiger partial charge in [-0.1, -0.05) is 48.5 Å². The second kappa shape index (κ2) is 8.94. The normalized spacial score (nSPS) is 15.8. The minimum absolute atomic E-state index is 0.125. The number of aromatic nitrogens is 1. The molecule has 1 aliphatic heterocycles. The Labute approximate surface area is 195 Å². The summed E-state index contributed by atoms with van der Waals surface area (Å²) >= 11 is 0. The van der Waals surface area contributed by atoms with Crippen molar-refractivity contribution in [1.82, 2.24) is 9.88 Å². The highest BCUT2D eigenvalue weighted by Crippen LogP contribution is 2.28. The van der Waals surface area contributed by atoms with Gasteiger partial charge in [-0.15, -0.1) is 0 Å². The monoisotopic (exact) mass is 455 g/mol. The summed E-state index contributed by atoms with van der Waals surface area (Å²) in [4.78, 5) is 45.3. The molecule has 3 aromatic carbocycles. The van der Waals surface area contributed by atoms with E-state index in [9.17, 15) is 18.8 Å². The number of halogens is 1. The third-order valence-corrected chi connectivity index (χ3v) is 6.18. The maximum absolute atomic E-state index is 14.5. The number of nitrogens with zero attached hydrogens (tertiary/aromatic N) is 2. The second-order valence-electron chi connectivity index (χ2n) is 8.21. The lowest BCUT2D eigenvalue weighted by molar-refractivity contribution is -0.122. The molecule has 0 bridgehead atoms. The van der Waals surface area contributed by atoms with Crippen molar-refractivity contribution in [2.45, 2.75) is 18.9 Å². The van der Waals surface area contributed by atoms with Crippen LogP contribution in [0.25, 0.3) is 10.9 Å². The van der Waals surface area contributed by atoms with Crippen LogP contribution < -0.4 is 4.90 Å². The van der Waals surface area contributed by atoms with Crippen molar-refractivity contribution in [2.24, 2.45) is 0 Å². The lowest BCUT2D eigenvalue weighted by atomic mass is 10.1. The molecule has 5 rings (SSSR count). The number of hydrogen-bond donors (Lipinski definition) is 1. The Morgan fingerprint density at radius 3 is 2.47 bits per heavy atom. The number of aromatic amines is 1. The third kappa shape index (κ3) is 3.85. The van der Waals surface area contributed by atoms with Gasteiger partial charge >= 0.3 is 0 Å². The number of imide groups is 1. The zero-order valence-corrected chi connectivity index (χ0v) is 18.3. The average molecular weight is 455 g/mol. The van der Waals surface area contributed by atoms with E-state index in [4.69, 9.17) is 0 Å². The SMILES string of the molecule is O=C1CC(N(CCc2c[nH]c3ccccc23)C(=O)c2ccccc2F)C(=O)N1c1ccccc1. The molecule has 4 aromatic rings. The highest BCUT2D eigenvalue weighted by Gasteiger charge is 2.44. The first-order valence-corrected chi connectivity index (χ1v) is 11.1. The van der Waals surface area contributed by atoms with Gasteiger partial charge in [-0.2, -0.15) is 0 Å². The summed E-state index contributed by atoms with van der Waals surface area (Å²) in [7, 11) is 0. The quantitative estimate of drug-likeness (QED) is 0.440. The number of carbonyl (C=O) groups excluding carboxylic acids is 3. The van der Waals surface area contributed by atoms with Crippen LogP contribution in [-0.2, 0) is 16.0 Å². The summed E-state index contributed by atoms with van der Waals surface area (Å²) in [6.07, 6.45) is 2.16. The van der Waals surface area contributed by atoms with E-state index in [1.807, 2.05) is 30.5 Å². The molecular formula is C27H22FN3O3. The minimum atomic E-state index is -1.01. The molecule has 3 amide bonds. The van der Waals surface area contributed by atoms with Crippen LogP contribution in [0.5, 0.6) is 0 Å². The molecule has 2 heterocycles. The Bertz CT molecular complexity index is 1380. The van der Waals surface area contributed by atoms with Crippen molar-refractivity contribution in [3.63, 3.8) is 0 Å². The molecule has 0 radical (unpaired) electrons.